The molecule has 2 aromatic heterocycles. The van der Waals surface area contributed by atoms with Crippen molar-refractivity contribution in [3.8, 4) is 0 Å². The lowest BCUT2D eigenvalue weighted by molar-refractivity contribution is 0.239. The predicted molar refractivity (Wildman–Crippen MR) is 89.2 cm³/mol. The summed E-state index contributed by atoms with van der Waals surface area (Å²) in [7, 11) is 0. The van der Waals surface area contributed by atoms with E-state index in [4.69, 9.17) is 17.3 Å². The smallest absolute Gasteiger partial charge is 0.210 e. The van der Waals surface area contributed by atoms with Gasteiger partial charge in [0.25, 0.3) is 0 Å². The largest absolute Gasteiger partial charge is 0.394 e. The maximum Gasteiger partial charge on any atom is 0.210 e. The van der Waals surface area contributed by atoms with Crippen LogP contribution >= 0.6 is 11.6 Å². The first-order chi connectivity index (χ1) is 11.1. The number of hydrogen-bond acceptors (Lipinski definition) is 4. The molecule has 7 heteroatoms. The zero-order valence-electron chi connectivity index (χ0n) is 12.4. The molecule has 120 valence electrons. The summed E-state index contributed by atoms with van der Waals surface area (Å²) >= 11 is 6.09. The highest BCUT2D eigenvalue weighted by atomic mass is 35.5. The van der Waals surface area contributed by atoms with E-state index in [1.807, 2.05) is 24.4 Å². The lowest BCUT2D eigenvalue weighted by atomic mass is 9.89. The molecule has 0 amide bonds. The Morgan fingerprint density at radius 3 is 3.09 bits per heavy atom. The summed E-state index contributed by atoms with van der Waals surface area (Å²) in [5.74, 6) is 0.375. The lowest BCUT2D eigenvalue weighted by Gasteiger charge is -2.36. The summed E-state index contributed by atoms with van der Waals surface area (Å²) in [5, 5.41) is 2.27. The van der Waals surface area contributed by atoms with Crippen molar-refractivity contribution >= 4 is 28.8 Å². The monoisotopic (exact) mass is 333 g/mol. The Bertz CT molecular complexity index is 797. The number of nitrogens with two attached hydrogens (primary N) is 1. The number of rotatable bonds is 2. The quantitative estimate of drug-likeness (QED) is 0.858. The molecule has 5 nitrogen and oxygen atoms in total. The molecular weight excluding hydrogens is 317 g/mol. The Hall–Kier alpha value is -2.08. The summed E-state index contributed by atoms with van der Waals surface area (Å²) in [6.07, 6.45) is 12.0. The molecule has 0 aromatic carbocycles. The number of aromatic nitrogens is 3. The highest BCUT2D eigenvalue weighted by molar-refractivity contribution is 6.24. The van der Waals surface area contributed by atoms with Gasteiger partial charge in [0, 0.05) is 24.7 Å². The summed E-state index contributed by atoms with van der Waals surface area (Å²) in [5.41, 5.74) is 7.04. The molecule has 2 aromatic rings. The van der Waals surface area contributed by atoms with Crippen LogP contribution in [0.4, 0.5) is 15.9 Å². The zero-order valence-corrected chi connectivity index (χ0v) is 13.2. The molecule has 0 spiro atoms. The molecule has 0 saturated carbocycles. The Kier molecular flexibility index (Phi) is 3.30. The maximum absolute atomic E-state index is 14.7. The number of nitrogens with zero attached hydrogens (tertiary/aromatic N) is 4. The summed E-state index contributed by atoms with van der Waals surface area (Å²) in [6.45, 7) is 0.822. The van der Waals surface area contributed by atoms with Crippen LogP contribution in [0.15, 0.2) is 42.8 Å². The van der Waals surface area contributed by atoms with Crippen molar-refractivity contribution in [2.75, 3.05) is 17.2 Å². The second kappa shape index (κ2) is 5.23. The van der Waals surface area contributed by atoms with E-state index in [1.54, 1.807) is 16.8 Å². The first-order valence-corrected chi connectivity index (χ1v) is 8.04. The molecule has 1 aliphatic carbocycles. The second-order valence-electron chi connectivity index (χ2n) is 6.00. The molecule has 1 fully saturated rings. The van der Waals surface area contributed by atoms with Crippen molar-refractivity contribution in [3.05, 3.63) is 42.8 Å². The maximum atomic E-state index is 14.7. The van der Waals surface area contributed by atoms with Gasteiger partial charge in [0.05, 0.1) is 11.9 Å². The van der Waals surface area contributed by atoms with Crippen LogP contribution in [0.5, 0.6) is 0 Å². The van der Waals surface area contributed by atoms with Gasteiger partial charge in [-0.15, -0.1) is 0 Å². The zero-order chi connectivity index (χ0) is 16.0. The van der Waals surface area contributed by atoms with Gasteiger partial charge in [0.15, 0.2) is 5.65 Å². The van der Waals surface area contributed by atoms with E-state index in [0.717, 1.165) is 25.2 Å². The minimum absolute atomic E-state index is 0.0298. The number of alkyl halides is 2. The minimum Gasteiger partial charge on any atom is -0.394 e. The second-order valence-corrected chi connectivity index (χ2v) is 6.58. The Labute approximate surface area is 138 Å². The van der Waals surface area contributed by atoms with Gasteiger partial charge in [-0.05, 0) is 25.0 Å². The van der Waals surface area contributed by atoms with Gasteiger partial charge in [-0.1, -0.05) is 29.8 Å². The van der Waals surface area contributed by atoms with Crippen molar-refractivity contribution < 1.29 is 4.39 Å². The molecule has 1 aliphatic heterocycles. The van der Waals surface area contributed by atoms with Crippen molar-refractivity contribution in [1.29, 1.82) is 0 Å². The van der Waals surface area contributed by atoms with E-state index in [0.29, 0.717) is 11.3 Å². The van der Waals surface area contributed by atoms with Crippen molar-refractivity contribution in [2.45, 2.75) is 24.0 Å². The van der Waals surface area contributed by atoms with E-state index < -0.39 is 11.0 Å². The normalized spacial score (nSPS) is 30.4. The molecular formula is C16H17ClFN5. The van der Waals surface area contributed by atoms with Gasteiger partial charge in [0.2, 0.25) is 5.13 Å². The molecule has 1 saturated heterocycles. The first-order valence-electron chi connectivity index (χ1n) is 7.66. The Morgan fingerprint density at radius 2 is 2.26 bits per heavy atom. The van der Waals surface area contributed by atoms with E-state index in [1.165, 1.54) is 6.08 Å². The molecule has 23 heavy (non-hydrogen) atoms. The molecule has 0 radical (unpaired) electrons. The van der Waals surface area contributed by atoms with E-state index >= 15 is 0 Å². The number of anilines is 2. The van der Waals surface area contributed by atoms with Gasteiger partial charge in [0.1, 0.15) is 5.82 Å². The SMILES string of the molecule is Nc1cnn2ccc(N3CCC[C@@H]3C3C=CC=CC3(F)Cl)nc12. The molecule has 0 bridgehead atoms. The first kappa shape index (κ1) is 14.5. The Morgan fingerprint density at radius 1 is 1.39 bits per heavy atom. The van der Waals surface area contributed by atoms with Crippen molar-refractivity contribution in [1.82, 2.24) is 14.6 Å². The fraction of sp³-hybridized carbons (Fsp3) is 0.375. The van der Waals surface area contributed by atoms with Gasteiger partial charge >= 0.3 is 0 Å². The Balaban J connectivity index is 1.70. The summed E-state index contributed by atoms with van der Waals surface area (Å²) < 4.78 is 16.3. The standard InChI is InChI=1S/C16H17ClFN5/c17-16(18)7-2-1-4-11(16)13-5-3-8-22(13)14-6-9-23-15(21-14)12(19)10-20-23/h1-2,4,6-7,9-11,13H,3,5,8,19H2/t11?,13-,16?/m1/s1. The topological polar surface area (TPSA) is 59.4 Å². The van der Waals surface area contributed by atoms with Crippen LogP contribution < -0.4 is 10.6 Å². The van der Waals surface area contributed by atoms with E-state index in [-0.39, 0.29) is 6.04 Å². The van der Waals surface area contributed by atoms with Crippen molar-refractivity contribution in [3.63, 3.8) is 0 Å². The average molecular weight is 334 g/mol. The van der Waals surface area contributed by atoms with Gasteiger partial charge < -0.3 is 10.6 Å². The number of fused-ring (bicyclic) bond motifs is 1. The van der Waals surface area contributed by atoms with Crippen LogP contribution in [0.2, 0.25) is 0 Å². The highest BCUT2D eigenvalue weighted by Gasteiger charge is 2.44. The van der Waals surface area contributed by atoms with Crippen LogP contribution in [0.3, 0.4) is 0 Å². The molecule has 4 rings (SSSR count). The number of allylic oxidation sites excluding steroid dienone is 3. The predicted octanol–water partition coefficient (Wildman–Crippen LogP) is 2.93. The third kappa shape index (κ3) is 2.37. The average Bonchev–Trinajstić information content (AvgIpc) is 3.14. The number of halogens is 2. The molecule has 2 unspecified atom stereocenters. The highest BCUT2D eigenvalue weighted by Crippen LogP contribution is 2.41. The molecule has 3 atom stereocenters. The fourth-order valence-corrected chi connectivity index (χ4v) is 3.77. The summed E-state index contributed by atoms with van der Waals surface area (Å²) in [4.78, 5) is 6.73. The number of hydrogen-bond donors (Lipinski definition) is 1. The molecule has 3 heterocycles. The fourth-order valence-electron chi connectivity index (χ4n) is 3.48. The number of nitrogen functional groups attached to an aromatic ring is 1. The third-order valence-corrected chi connectivity index (χ3v) is 4.96. The van der Waals surface area contributed by atoms with Gasteiger partial charge in [-0.2, -0.15) is 5.10 Å². The lowest BCUT2D eigenvalue weighted by Crippen LogP contribution is -2.43. The van der Waals surface area contributed by atoms with Crippen molar-refractivity contribution in [2.24, 2.45) is 5.92 Å². The van der Waals surface area contributed by atoms with Gasteiger partial charge in [-0.3, -0.25) is 0 Å². The van der Waals surface area contributed by atoms with E-state index in [2.05, 4.69) is 15.0 Å². The van der Waals surface area contributed by atoms with Crippen LogP contribution in [0.25, 0.3) is 5.65 Å². The van der Waals surface area contributed by atoms with Crippen LogP contribution in [0, 0.1) is 5.92 Å². The van der Waals surface area contributed by atoms with Crippen LogP contribution in [-0.2, 0) is 0 Å². The van der Waals surface area contributed by atoms with Crippen LogP contribution in [-0.4, -0.2) is 32.3 Å². The van der Waals surface area contributed by atoms with Gasteiger partial charge in [-0.25, -0.2) is 13.9 Å². The minimum atomic E-state index is -1.86. The molecule has 2 aliphatic rings. The summed E-state index contributed by atoms with van der Waals surface area (Å²) in [6, 6.07) is 1.85. The van der Waals surface area contributed by atoms with E-state index in [9.17, 15) is 4.39 Å². The molecule has 2 N–H and O–H groups in total. The third-order valence-electron chi connectivity index (χ3n) is 4.58. The van der Waals surface area contributed by atoms with Crippen LogP contribution in [0.1, 0.15) is 12.8 Å².